The van der Waals surface area contributed by atoms with Crippen molar-refractivity contribution >= 4 is 0 Å². The Morgan fingerprint density at radius 2 is 1.86 bits per heavy atom. The maximum Gasteiger partial charge on any atom is 0.172 e. The molecule has 5 atom stereocenters. The molecule has 0 aromatic rings. The standard InChI is InChI=1S/C17H26O4/c1-11-9-13(18)12-3-2-4-16(10-14(11)19)5-6-17(15(12)16)20-7-8-21-17/h12-15,18-19H,1-10H2/t12?,13-,14-,15?,16?/m1/s1. The Morgan fingerprint density at radius 1 is 1.10 bits per heavy atom. The second-order valence-corrected chi connectivity index (χ2v) is 7.55. The van der Waals surface area contributed by atoms with Gasteiger partial charge in [0, 0.05) is 12.3 Å². The lowest BCUT2D eigenvalue weighted by Gasteiger charge is -2.52. The molecule has 1 spiro atoms. The van der Waals surface area contributed by atoms with Crippen LogP contribution >= 0.6 is 0 Å². The fourth-order valence-corrected chi connectivity index (χ4v) is 5.74. The zero-order valence-electron chi connectivity index (χ0n) is 12.6. The minimum Gasteiger partial charge on any atom is -0.392 e. The normalized spacial score (nSPS) is 49.0. The topological polar surface area (TPSA) is 58.9 Å². The summed E-state index contributed by atoms with van der Waals surface area (Å²) in [7, 11) is 0. The number of hydrogen-bond donors (Lipinski definition) is 2. The molecule has 2 bridgehead atoms. The summed E-state index contributed by atoms with van der Waals surface area (Å²) in [6.45, 7) is 5.32. The zero-order valence-corrected chi connectivity index (χ0v) is 12.6. The number of aliphatic hydroxyl groups excluding tert-OH is 2. The molecule has 4 fully saturated rings. The maximum atomic E-state index is 10.7. The van der Waals surface area contributed by atoms with Crippen LogP contribution in [0.2, 0.25) is 0 Å². The molecule has 1 aliphatic heterocycles. The monoisotopic (exact) mass is 294 g/mol. The van der Waals surface area contributed by atoms with Gasteiger partial charge in [0.05, 0.1) is 25.4 Å². The molecule has 4 nitrogen and oxygen atoms in total. The summed E-state index contributed by atoms with van der Waals surface area (Å²) in [6, 6.07) is 0. The lowest BCUT2D eigenvalue weighted by atomic mass is 9.56. The molecular weight excluding hydrogens is 268 g/mol. The lowest BCUT2D eigenvalue weighted by molar-refractivity contribution is -0.228. The van der Waals surface area contributed by atoms with Crippen molar-refractivity contribution in [1.29, 1.82) is 0 Å². The SMILES string of the molecule is C=C1C[C@@H](O)C2CCCC3(CCC4(OCCO4)C23)C[C@H]1O. The molecule has 2 N–H and O–H groups in total. The number of aliphatic hydroxyl groups is 2. The molecular formula is C17H26O4. The van der Waals surface area contributed by atoms with Crippen molar-refractivity contribution in [3.05, 3.63) is 12.2 Å². The van der Waals surface area contributed by atoms with Crippen LogP contribution in [0.25, 0.3) is 0 Å². The maximum absolute atomic E-state index is 10.7. The summed E-state index contributed by atoms with van der Waals surface area (Å²) in [5.74, 6) is -0.0626. The highest BCUT2D eigenvalue weighted by Gasteiger charge is 2.65. The first-order valence-corrected chi connectivity index (χ1v) is 8.38. The van der Waals surface area contributed by atoms with E-state index in [-0.39, 0.29) is 17.3 Å². The molecule has 3 saturated carbocycles. The van der Waals surface area contributed by atoms with Crippen molar-refractivity contribution in [3.63, 3.8) is 0 Å². The quantitative estimate of drug-likeness (QED) is 0.671. The minimum absolute atomic E-state index is 0.0526. The Morgan fingerprint density at radius 3 is 2.62 bits per heavy atom. The third kappa shape index (κ3) is 1.96. The van der Waals surface area contributed by atoms with Gasteiger partial charge in [-0.1, -0.05) is 13.0 Å². The highest BCUT2D eigenvalue weighted by atomic mass is 16.7. The van der Waals surface area contributed by atoms with Crippen LogP contribution in [0.5, 0.6) is 0 Å². The second-order valence-electron chi connectivity index (χ2n) is 7.55. The molecule has 3 aliphatic carbocycles. The third-order valence-electron chi connectivity index (χ3n) is 6.56. The fourth-order valence-electron chi connectivity index (χ4n) is 5.74. The number of ether oxygens (including phenoxy) is 2. The minimum atomic E-state index is -0.502. The van der Waals surface area contributed by atoms with E-state index in [1.807, 2.05) is 0 Å². The van der Waals surface area contributed by atoms with Gasteiger partial charge in [0.1, 0.15) is 0 Å². The predicted octanol–water partition coefficient (Wildman–Crippen LogP) is 2.00. The second kappa shape index (κ2) is 4.79. The molecule has 0 aromatic heterocycles. The highest BCUT2D eigenvalue weighted by Crippen LogP contribution is 2.64. The Bertz CT molecular complexity index is 442. The van der Waals surface area contributed by atoms with Crippen LogP contribution in [-0.2, 0) is 9.47 Å². The number of hydrogen-bond acceptors (Lipinski definition) is 4. The average molecular weight is 294 g/mol. The largest absolute Gasteiger partial charge is 0.392 e. The first-order valence-electron chi connectivity index (χ1n) is 8.38. The van der Waals surface area contributed by atoms with E-state index in [2.05, 4.69) is 6.58 Å². The average Bonchev–Trinajstić information content (AvgIpc) is 3.05. The fraction of sp³-hybridized carbons (Fsp3) is 0.882. The van der Waals surface area contributed by atoms with Crippen LogP contribution in [0.15, 0.2) is 12.2 Å². The Hall–Kier alpha value is -0.420. The lowest BCUT2D eigenvalue weighted by Crippen LogP contribution is -2.53. The predicted molar refractivity (Wildman–Crippen MR) is 77.5 cm³/mol. The van der Waals surface area contributed by atoms with Crippen molar-refractivity contribution < 1.29 is 19.7 Å². The Labute approximate surface area is 126 Å². The summed E-state index contributed by atoms with van der Waals surface area (Å²) in [4.78, 5) is 0. The Kier molecular flexibility index (Phi) is 3.23. The van der Waals surface area contributed by atoms with E-state index in [0.717, 1.165) is 44.1 Å². The first-order chi connectivity index (χ1) is 10.1. The molecule has 0 amide bonds. The van der Waals surface area contributed by atoms with Crippen molar-refractivity contribution in [3.8, 4) is 0 Å². The van der Waals surface area contributed by atoms with Crippen molar-refractivity contribution in [2.24, 2.45) is 17.3 Å². The van der Waals surface area contributed by atoms with Crippen LogP contribution in [0, 0.1) is 17.3 Å². The van der Waals surface area contributed by atoms with E-state index in [9.17, 15) is 10.2 Å². The molecule has 21 heavy (non-hydrogen) atoms. The third-order valence-corrected chi connectivity index (χ3v) is 6.56. The van der Waals surface area contributed by atoms with E-state index in [1.165, 1.54) is 0 Å². The van der Waals surface area contributed by atoms with Gasteiger partial charge in [-0.3, -0.25) is 0 Å². The van der Waals surface area contributed by atoms with Gasteiger partial charge >= 0.3 is 0 Å². The van der Waals surface area contributed by atoms with Crippen LogP contribution in [0.1, 0.15) is 44.9 Å². The van der Waals surface area contributed by atoms with E-state index in [1.54, 1.807) is 0 Å². The van der Waals surface area contributed by atoms with Crippen LogP contribution < -0.4 is 0 Å². The van der Waals surface area contributed by atoms with Gasteiger partial charge in [-0.15, -0.1) is 0 Å². The van der Waals surface area contributed by atoms with E-state index in [4.69, 9.17) is 9.47 Å². The van der Waals surface area contributed by atoms with Gasteiger partial charge in [0.15, 0.2) is 5.79 Å². The van der Waals surface area contributed by atoms with Crippen molar-refractivity contribution in [2.75, 3.05) is 13.2 Å². The van der Waals surface area contributed by atoms with E-state index < -0.39 is 18.0 Å². The van der Waals surface area contributed by atoms with Gasteiger partial charge in [0.2, 0.25) is 0 Å². The molecule has 3 unspecified atom stereocenters. The zero-order chi connectivity index (χ0) is 14.7. The molecule has 0 radical (unpaired) electrons. The van der Waals surface area contributed by atoms with Gasteiger partial charge < -0.3 is 19.7 Å². The Balaban J connectivity index is 1.77. The summed E-state index contributed by atoms with van der Waals surface area (Å²) in [5.41, 5.74) is 0.846. The van der Waals surface area contributed by atoms with Gasteiger partial charge in [-0.2, -0.15) is 0 Å². The first kappa shape index (κ1) is 14.2. The molecule has 1 saturated heterocycles. The summed E-state index contributed by atoms with van der Waals surface area (Å²) >= 11 is 0. The highest BCUT2D eigenvalue weighted by molar-refractivity contribution is 5.16. The van der Waals surface area contributed by atoms with Crippen molar-refractivity contribution in [2.45, 2.75) is 62.9 Å². The number of rotatable bonds is 0. The summed E-state index contributed by atoms with van der Waals surface area (Å²) in [6.07, 6.45) is 5.55. The van der Waals surface area contributed by atoms with Gasteiger partial charge in [-0.25, -0.2) is 0 Å². The van der Waals surface area contributed by atoms with Gasteiger partial charge in [-0.05, 0) is 49.0 Å². The molecule has 4 aliphatic rings. The summed E-state index contributed by atoms with van der Waals surface area (Å²) < 4.78 is 12.1. The van der Waals surface area contributed by atoms with Crippen LogP contribution in [0.3, 0.4) is 0 Å². The summed E-state index contributed by atoms with van der Waals surface area (Å²) in [5, 5.41) is 21.2. The molecule has 118 valence electrons. The van der Waals surface area contributed by atoms with Crippen molar-refractivity contribution in [1.82, 2.24) is 0 Å². The molecule has 1 heterocycles. The van der Waals surface area contributed by atoms with Crippen LogP contribution in [0.4, 0.5) is 0 Å². The van der Waals surface area contributed by atoms with E-state index >= 15 is 0 Å². The smallest absolute Gasteiger partial charge is 0.172 e. The molecule has 0 aromatic carbocycles. The van der Waals surface area contributed by atoms with E-state index in [0.29, 0.717) is 19.6 Å². The van der Waals surface area contributed by atoms with Crippen LogP contribution in [-0.4, -0.2) is 41.4 Å². The molecule has 4 rings (SSSR count). The molecule has 4 heteroatoms. The van der Waals surface area contributed by atoms with Gasteiger partial charge in [0.25, 0.3) is 0 Å².